The molecule has 2 aliphatic rings. The standard InChI is InChI=1S/C23H31ClN6O/c1-28-12-14-29(15-13-28)22-25-10-9-19(27-22)17-26-23(31)30-11-5-4-7-20(30)16-18-6-2-3-8-21(18)24/h2-3,6,8-10,20H,4-5,7,11-17H2,1H3,(H,26,31). The van der Waals surface area contributed by atoms with Crippen molar-refractivity contribution in [3.63, 3.8) is 0 Å². The van der Waals surface area contributed by atoms with Crippen LogP contribution in [0.1, 0.15) is 30.5 Å². The van der Waals surface area contributed by atoms with Crippen molar-refractivity contribution in [3.05, 3.63) is 52.8 Å². The van der Waals surface area contributed by atoms with Gasteiger partial charge in [-0.2, -0.15) is 0 Å². The van der Waals surface area contributed by atoms with E-state index in [0.29, 0.717) is 6.54 Å². The molecule has 2 saturated heterocycles. The van der Waals surface area contributed by atoms with Gasteiger partial charge in [0.1, 0.15) is 0 Å². The molecule has 2 fully saturated rings. The van der Waals surface area contributed by atoms with E-state index < -0.39 is 0 Å². The Morgan fingerprint density at radius 2 is 1.94 bits per heavy atom. The minimum Gasteiger partial charge on any atom is -0.338 e. The third-order valence-electron chi connectivity index (χ3n) is 6.21. The summed E-state index contributed by atoms with van der Waals surface area (Å²) >= 11 is 6.36. The number of likely N-dealkylation sites (N-methyl/N-ethyl adjacent to an activating group) is 1. The summed E-state index contributed by atoms with van der Waals surface area (Å²) in [4.78, 5) is 28.6. The number of nitrogens with one attached hydrogen (secondary N) is 1. The number of amides is 2. The normalized spacial score (nSPS) is 20.0. The first-order valence-electron chi connectivity index (χ1n) is 11.1. The summed E-state index contributed by atoms with van der Waals surface area (Å²) in [5, 5.41) is 3.84. The number of urea groups is 1. The third-order valence-corrected chi connectivity index (χ3v) is 6.58. The van der Waals surface area contributed by atoms with Crippen LogP contribution in [0.25, 0.3) is 0 Å². The van der Waals surface area contributed by atoms with E-state index in [1.165, 1.54) is 0 Å². The van der Waals surface area contributed by atoms with Crippen molar-refractivity contribution in [3.8, 4) is 0 Å². The second kappa shape index (κ2) is 10.3. The molecule has 1 aromatic heterocycles. The monoisotopic (exact) mass is 442 g/mol. The van der Waals surface area contributed by atoms with Gasteiger partial charge in [-0.3, -0.25) is 0 Å². The first-order chi connectivity index (χ1) is 15.1. The number of carbonyl (C=O) groups excluding carboxylic acids is 1. The van der Waals surface area contributed by atoms with Gasteiger partial charge in [-0.25, -0.2) is 14.8 Å². The Labute approximate surface area is 189 Å². The molecule has 0 bridgehead atoms. The molecule has 0 spiro atoms. The van der Waals surface area contributed by atoms with E-state index in [0.717, 1.165) is 80.6 Å². The zero-order valence-electron chi connectivity index (χ0n) is 18.1. The quantitative estimate of drug-likeness (QED) is 0.770. The van der Waals surface area contributed by atoms with Crippen LogP contribution in [0.4, 0.5) is 10.7 Å². The number of carbonyl (C=O) groups is 1. The molecule has 2 aliphatic heterocycles. The van der Waals surface area contributed by atoms with Gasteiger partial charge in [-0.05, 0) is 50.4 Å². The smallest absolute Gasteiger partial charge is 0.317 e. The number of likely N-dealkylation sites (tertiary alicyclic amines) is 1. The molecular formula is C23H31ClN6O. The molecule has 2 aromatic rings. The second-order valence-corrected chi connectivity index (χ2v) is 8.84. The summed E-state index contributed by atoms with van der Waals surface area (Å²) in [7, 11) is 2.13. The van der Waals surface area contributed by atoms with Crippen molar-refractivity contribution >= 4 is 23.6 Å². The highest BCUT2D eigenvalue weighted by atomic mass is 35.5. The van der Waals surface area contributed by atoms with E-state index in [9.17, 15) is 4.79 Å². The number of aromatic nitrogens is 2. The van der Waals surface area contributed by atoms with E-state index >= 15 is 0 Å². The van der Waals surface area contributed by atoms with Gasteiger partial charge in [0.15, 0.2) is 0 Å². The van der Waals surface area contributed by atoms with Gasteiger partial charge in [0.25, 0.3) is 0 Å². The highest BCUT2D eigenvalue weighted by Crippen LogP contribution is 2.24. The molecular weight excluding hydrogens is 412 g/mol. The number of piperazine rings is 1. The molecule has 166 valence electrons. The van der Waals surface area contributed by atoms with Crippen LogP contribution in [0, 0.1) is 0 Å². The molecule has 1 atom stereocenters. The third kappa shape index (κ3) is 5.66. The number of anilines is 1. The number of piperidine rings is 1. The molecule has 2 amide bonds. The minimum absolute atomic E-state index is 0.0310. The van der Waals surface area contributed by atoms with E-state index in [4.69, 9.17) is 11.6 Å². The fourth-order valence-electron chi connectivity index (χ4n) is 4.31. The van der Waals surface area contributed by atoms with Gasteiger partial charge < -0.3 is 20.0 Å². The number of rotatable bonds is 5. The second-order valence-electron chi connectivity index (χ2n) is 8.44. The Bertz CT molecular complexity index is 886. The van der Waals surface area contributed by atoms with Gasteiger partial charge in [0.2, 0.25) is 5.95 Å². The number of hydrogen-bond donors (Lipinski definition) is 1. The Hall–Kier alpha value is -2.38. The molecule has 7 nitrogen and oxygen atoms in total. The van der Waals surface area contributed by atoms with E-state index in [2.05, 4.69) is 32.1 Å². The minimum atomic E-state index is -0.0310. The van der Waals surface area contributed by atoms with Crippen molar-refractivity contribution < 1.29 is 4.79 Å². The van der Waals surface area contributed by atoms with E-state index in [-0.39, 0.29) is 12.1 Å². The van der Waals surface area contributed by atoms with E-state index in [1.807, 2.05) is 35.2 Å². The average Bonchev–Trinajstić information content (AvgIpc) is 2.80. The average molecular weight is 443 g/mol. The van der Waals surface area contributed by atoms with Gasteiger partial charge in [0.05, 0.1) is 12.2 Å². The first kappa shape index (κ1) is 21.8. The Morgan fingerprint density at radius 1 is 1.13 bits per heavy atom. The maximum atomic E-state index is 13.0. The van der Waals surface area contributed by atoms with Crippen LogP contribution >= 0.6 is 11.6 Å². The van der Waals surface area contributed by atoms with Crippen LogP contribution in [0.15, 0.2) is 36.5 Å². The summed E-state index contributed by atoms with van der Waals surface area (Å²) in [6.45, 7) is 5.03. The fourth-order valence-corrected chi connectivity index (χ4v) is 4.52. The van der Waals surface area contributed by atoms with Crippen LogP contribution < -0.4 is 10.2 Å². The molecule has 8 heteroatoms. The Morgan fingerprint density at radius 3 is 2.74 bits per heavy atom. The summed E-state index contributed by atoms with van der Waals surface area (Å²) in [5.74, 6) is 0.745. The van der Waals surface area contributed by atoms with Crippen molar-refractivity contribution in [2.24, 2.45) is 0 Å². The SMILES string of the molecule is CN1CCN(c2nccc(CNC(=O)N3CCCCC3Cc3ccccc3Cl)n2)CC1. The molecule has 31 heavy (non-hydrogen) atoms. The first-order valence-corrected chi connectivity index (χ1v) is 11.5. The maximum absolute atomic E-state index is 13.0. The predicted molar refractivity (Wildman–Crippen MR) is 123 cm³/mol. The lowest BCUT2D eigenvalue weighted by atomic mass is 9.96. The van der Waals surface area contributed by atoms with Crippen molar-refractivity contribution in [1.82, 2.24) is 25.1 Å². The van der Waals surface area contributed by atoms with Crippen LogP contribution in [0.5, 0.6) is 0 Å². The highest BCUT2D eigenvalue weighted by Gasteiger charge is 2.27. The summed E-state index contributed by atoms with van der Waals surface area (Å²) in [6.07, 6.45) is 5.74. The van der Waals surface area contributed by atoms with Crippen molar-refractivity contribution in [2.45, 2.75) is 38.3 Å². The molecule has 0 saturated carbocycles. The van der Waals surface area contributed by atoms with Crippen LogP contribution in [-0.2, 0) is 13.0 Å². The molecule has 1 N–H and O–H groups in total. The Balaban J connectivity index is 1.36. The van der Waals surface area contributed by atoms with E-state index in [1.54, 1.807) is 6.20 Å². The number of benzene rings is 1. The van der Waals surface area contributed by atoms with Gasteiger partial charge >= 0.3 is 6.03 Å². The molecule has 0 radical (unpaired) electrons. The molecule has 0 aliphatic carbocycles. The summed E-state index contributed by atoms with van der Waals surface area (Å²) in [5.41, 5.74) is 1.93. The van der Waals surface area contributed by atoms with Crippen LogP contribution in [0.2, 0.25) is 5.02 Å². The summed E-state index contributed by atoms with van der Waals surface area (Å²) in [6, 6.07) is 9.91. The van der Waals surface area contributed by atoms with Gasteiger partial charge in [-0.15, -0.1) is 0 Å². The van der Waals surface area contributed by atoms with Gasteiger partial charge in [-0.1, -0.05) is 29.8 Å². The largest absolute Gasteiger partial charge is 0.338 e. The lowest BCUT2D eigenvalue weighted by molar-refractivity contribution is 0.150. The molecule has 1 unspecified atom stereocenters. The topological polar surface area (TPSA) is 64.6 Å². The zero-order valence-corrected chi connectivity index (χ0v) is 18.9. The number of nitrogens with zero attached hydrogens (tertiary/aromatic N) is 5. The molecule has 4 rings (SSSR count). The lowest BCUT2D eigenvalue weighted by Gasteiger charge is -2.36. The zero-order chi connectivity index (χ0) is 21.6. The molecule has 1 aromatic carbocycles. The fraction of sp³-hybridized carbons (Fsp3) is 0.522. The van der Waals surface area contributed by atoms with Crippen molar-refractivity contribution in [2.75, 3.05) is 44.7 Å². The highest BCUT2D eigenvalue weighted by molar-refractivity contribution is 6.31. The van der Waals surface area contributed by atoms with Crippen molar-refractivity contribution in [1.29, 1.82) is 0 Å². The lowest BCUT2D eigenvalue weighted by Crippen LogP contribution is -2.49. The predicted octanol–water partition coefficient (Wildman–Crippen LogP) is 3.19. The number of halogens is 1. The summed E-state index contributed by atoms with van der Waals surface area (Å²) < 4.78 is 0. The molecule has 3 heterocycles. The van der Waals surface area contributed by atoms with Crippen LogP contribution in [0.3, 0.4) is 0 Å². The Kier molecular flexibility index (Phi) is 7.25. The maximum Gasteiger partial charge on any atom is 0.317 e. The number of hydrogen-bond acceptors (Lipinski definition) is 5. The van der Waals surface area contributed by atoms with Crippen LogP contribution in [-0.4, -0.2) is 71.6 Å². The van der Waals surface area contributed by atoms with Gasteiger partial charge in [0, 0.05) is 50.0 Å².